The van der Waals surface area contributed by atoms with E-state index in [2.05, 4.69) is 0 Å². The van der Waals surface area contributed by atoms with Crippen molar-refractivity contribution < 1.29 is 14.0 Å². The molecule has 1 saturated carbocycles. The van der Waals surface area contributed by atoms with Gasteiger partial charge in [0.2, 0.25) is 0 Å². The minimum atomic E-state index is -0.354. The Balaban J connectivity index is 2.26. The second kappa shape index (κ2) is 5.34. The topological polar surface area (TPSA) is 37.4 Å². The zero-order valence-corrected chi connectivity index (χ0v) is 11.0. The number of halogens is 1. The number of hydrogen-bond donors (Lipinski definition) is 0. The van der Waals surface area contributed by atoms with Gasteiger partial charge < -0.3 is 4.90 Å². The molecule has 4 heteroatoms. The summed E-state index contributed by atoms with van der Waals surface area (Å²) < 4.78 is 13.7. The Labute approximate surface area is 111 Å². The van der Waals surface area contributed by atoms with Crippen LogP contribution in [0.2, 0.25) is 0 Å². The molecule has 0 amide bonds. The van der Waals surface area contributed by atoms with Crippen LogP contribution in [0.25, 0.3) is 0 Å². The quantitative estimate of drug-likeness (QED) is 0.605. The van der Waals surface area contributed by atoms with Gasteiger partial charge in [0.05, 0.1) is 5.57 Å². The van der Waals surface area contributed by atoms with Gasteiger partial charge in [-0.3, -0.25) is 9.59 Å². The van der Waals surface area contributed by atoms with Gasteiger partial charge in [0.25, 0.3) is 0 Å². The summed E-state index contributed by atoms with van der Waals surface area (Å²) in [6, 6.07) is 6.32. The largest absolute Gasteiger partial charge is 0.383 e. The van der Waals surface area contributed by atoms with E-state index in [1.807, 2.05) is 0 Å². The normalized spacial score (nSPS) is 19.5. The van der Waals surface area contributed by atoms with Crippen LogP contribution in [0.1, 0.15) is 24.3 Å². The number of allylic oxidation sites excluding steroid dienone is 1. The molecule has 0 unspecified atom stereocenters. The molecule has 0 spiro atoms. The van der Waals surface area contributed by atoms with Gasteiger partial charge in [-0.15, -0.1) is 0 Å². The van der Waals surface area contributed by atoms with Crippen LogP contribution in [0.3, 0.4) is 0 Å². The molecule has 0 bridgehead atoms. The molecule has 19 heavy (non-hydrogen) atoms. The van der Waals surface area contributed by atoms with Crippen LogP contribution < -0.4 is 0 Å². The first-order valence-corrected chi connectivity index (χ1v) is 6.18. The number of carbonyl (C=O) groups excluding carboxylic acids is 2. The third-order valence-electron chi connectivity index (χ3n) is 3.20. The van der Waals surface area contributed by atoms with Gasteiger partial charge in [0.15, 0.2) is 11.6 Å². The first-order valence-electron chi connectivity index (χ1n) is 6.18. The summed E-state index contributed by atoms with van der Waals surface area (Å²) in [5.74, 6) is -1.12. The first kappa shape index (κ1) is 13.5. The van der Waals surface area contributed by atoms with Crippen molar-refractivity contribution in [2.45, 2.75) is 18.8 Å². The van der Waals surface area contributed by atoms with E-state index < -0.39 is 0 Å². The van der Waals surface area contributed by atoms with Crippen molar-refractivity contribution in [1.29, 1.82) is 0 Å². The predicted octanol–water partition coefficient (Wildman–Crippen LogP) is 2.29. The first-order chi connectivity index (χ1) is 8.99. The van der Waals surface area contributed by atoms with Gasteiger partial charge in [0, 0.05) is 39.1 Å². The van der Waals surface area contributed by atoms with Crippen LogP contribution in [0, 0.1) is 5.82 Å². The summed E-state index contributed by atoms with van der Waals surface area (Å²) in [4.78, 5) is 25.7. The molecule has 1 aliphatic carbocycles. The standard InChI is InChI=1S/C15H16FNO2/c1-17(2)9-12-14(18)7-10(8-15(12)19)11-5-3-4-6-13(11)16/h3-6,9-10H,7-8H2,1-2H3. The summed E-state index contributed by atoms with van der Waals surface area (Å²) >= 11 is 0. The molecule has 0 radical (unpaired) electrons. The molecule has 0 saturated heterocycles. The average Bonchev–Trinajstić information content (AvgIpc) is 2.34. The number of nitrogens with zero attached hydrogens (tertiary/aromatic N) is 1. The fourth-order valence-corrected chi connectivity index (χ4v) is 2.32. The highest BCUT2D eigenvalue weighted by atomic mass is 19.1. The van der Waals surface area contributed by atoms with Crippen molar-refractivity contribution in [3.05, 3.63) is 47.4 Å². The summed E-state index contributed by atoms with van der Waals surface area (Å²) in [6.07, 6.45) is 1.92. The third-order valence-corrected chi connectivity index (χ3v) is 3.20. The Morgan fingerprint density at radius 1 is 1.16 bits per heavy atom. The van der Waals surface area contributed by atoms with E-state index in [1.165, 1.54) is 6.07 Å². The number of carbonyl (C=O) groups is 2. The highest BCUT2D eigenvalue weighted by Crippen LogP contribution is 2.32. The molecule has 3 nitrogen and oxygen atoms in total. The lowest BCUT2D eigenvalue weighted by Crippen LogP contribution is -2.26. The highest BCUT2D eigenvalue weighted by molar-refractivity contribution is 6.22. The van der Waals surface area contributed by atoms with Crippen molar-refractivity contribution in [1.82, 2.24) is 4.90 Å². The molecule has 0 atom stereocenters. The van der Waals surface area contributed by atoms with Crippen LogP contribution >= 0.6 is 0 Å². The fraction of sp³-hybridized carbons (Fsp3) is 0.333. The SMILES string of the molecule is CN(C)C=C1C(=O)CC(c2ccccc2F)CC1=O. The summed E-state index contributed by atoms with van der Waals surface area (Å²) in [7, 11) is 3.52. The van der Waals surface area contributed by atoms with Crippen LogP contribution in [-0.4, -0.2) is 30.6 Å². The van der Waals surface area contributed by atoms with Crippen LogP contribution in [0.15, 0.2) is 36.0 Å². The molecule has 2 rings (SSSR count). The van der Waals surface area contributed by atoms with Gasteiger partial charge in [-0.2, -0.15) is 0 Å². The van der Waals surface area contributed by atoms with Crippen LogP contribution in [-0.2, 0) is 9.59 Å². The number of benzene rings is 1. The summed E-state index contributed by atoms with van der Waals surface area (Å²) in [6.45, 7) is 0. The minimum absolute atomic E-state index is 0.187. The maximum absolute atomic E-state index is 13.7. The van der Waals surface area contributed by atoms with Crippen molar-refractivity contribution >= 4 is 11.6 Å². The van der Waals surface area contributed by atoms with E-state index in [-0.39, 0.29) is 41.7 Å². The highest BCUT2D eigenvalue weighted by Gasteiger charge is 2.32. The second-order valence-electron chi connectivity index (χ2n) is 4.98. The molecule has 1 aromatic rings. The number of ketones is 2. The Kier molecular flexibility index (Phi) is 3.79. The Hall–Kier alpha value is -1.97. The van der Waals surface area contributed by atoms with Crippen molar-refractivity contribution in [3.63, 3.8) is 0 Å². The Morgan fingerprint density at radius 3 is 2.26 bits per heavy atom. The van der Waals surface area contributed by atoms with E-state index in [1.54, 1.807) is 43.4 Å². The molecular weight excluding hydrogens is 245 g/mol. The van der Waals surface area contributed by atoms with Gasteiger partial charge >= 0.3 is 0 Å². The van der Waals surface area contributed by atoms with Crippen molar-refractivity contribution in [2.75, 3.05) is 14.1 Å². The molecule has 0 heterocycles. The predicted molar refractivity (Wildman–Crippen MR) is 70.2 cm³/mol. The molecule has 1 aliphatic rings. The summed E-state index contributed by atoms with van der Waals surface area (Å²) in [5, 5.41) is 0. The lowest BCUT2D eigenvalue weighted by molar-refractivity contribution is -0.124. The number of Topliss-reactive ketones (excluding diaryl/α,β-unsaturated/α-hetero) is 2. The molecule has 100 valence electrons. The molecular formula is C15H16FNO2. The van der Waals surface area contributed by atoms with Gasteiger partial charge in [-0.1, -0.05) is 18.2 Å². The van der Waals surface area contributed by atoms with E-state index in [4.69, 9.17) is 0 Å². The monoisotopic (exact) mass is 261 g/mol. The van der Waals surface area contributed by atoms with Gasteiger partial charge in [-0.25, -0.2) is 4.39 Å². The number of rotatable bonds is 2. The molecule has 0 aliphatic heterocycles. The van der Waals surface area contributed by atoms with Crippen molar-refractivity contribution in [2.24, 2.45) is 0 Å². The van der Waals surface area contributed by atoms with Crippen LogP contribution in [0.5, 0.6) is 0 Å². The zero-order valence-electron chi connectivity index (χ0n) is 11.0. The van der Waals surface area contributed by atoms with Crippen molar-refractivity contribution in [3.8, 4) is 0 Å². The van der Waals surface area contributed by atoms with E-state index in [0.717, 1.165) is 0 Å². The maximum atomic E-state index is 13.7. The zero-order chi connectivity index (χ0) is 14.0. The Bertz CT molecular complexity index is 529. The van der Waals surface area contributed by atoms with Gasteiger partial charge in [-0.05, 0) is 11.6 Å². The molecule has 1 aromatic carbocycles. The third kappa shape index (κ3) is 2.89. The molecule has 0 aromatic heterocycles. The van der Waals surface area contributed by atoms with Crippen LogP contribution in [0.4, 0.5) is 4.39 Å². The lowest BCUT2D eigenvalue weighted by Gasteiger charge is -2.23. The average molecular weight is 261 g/mol. The van der Waals surface area contributed by atoms with E-state index in [0.29, 0.717) is 5.56 Å². The number of hydrogen-bond acceptors (Lipinski definition) is 3. The smallest absolute Gasteiger partial charge is 0.168 e. The summed E-state index contributed by atoms with van der Waals surface area (Å²) in [5.41, 5.74) is 0.672. The van der Waals surface area contributed by atoms with Gasteiger partial charge in [0.1, 0.15) is 5.82 Å². The minimum Gasteiger partial charge on any atom is -0.383 e. The molecule has 1 fully saturated rings. The second-order valence-corrected chi connectivity index (χ2v) is 4.98. The fourth-order valence-electron chi connectivity index (χ4n) is 2.32. The maximum Gasteiger partial charge on any atom is 0.168 e. The van der Waals surface area contributed by atoms with E-state index in [9.17, 15) is 14.0 Å². The van der Waals surface area contributed by atoms with E-state index >= 15 is 0 Å². The Morgan fingerprint density at radius 2 is 1.74 bits per heavy atom. The lowest BCUT2D eigenvalue weighted by atomic mass is 9.80. The molecule has 0 N–H and O–H groups in total.